The van der Waals surface area contributed by atoms with E-state index in [4.69, 9.17) is 5.73 Å². The summed E-state index contributed by atoms with van der Waals surface area (Å²) in [5.41, 5.74) is 5.53. The van der Waals surface area contributed by atoms with Gasteiger partial charge in [-0.05, 0) is 37.4 Å². The van der Waals surface area contributed by atoms with Gasteiger partial charge in [0, 0.05) is 13.1 Å². The molecule has 4 heteroatoms. The van der Waals surface area contributed by atoms with Crippen LogP contribution in [0.5, 0.6) is 0 Å². The summed E-state index contributed by atoms with van der Waals surface area (Å²) in [6, 6.07) is 3.19. The van der Waals surface area contributed by atoms with E-state index in [2.05, 4.69) is 9.88 Å². The van der Waals surface area contributed by atoms with Crippen molar-refractivity contribution in [2.24, 2.45) is 11.7 Å². The van der Waals surface area contributed by atoms with Gasteiger partial charge in [-0.2, -0.15) is 0 Å². The molecule has 2 heterocycles. The van der Waals surface area contributed by atoms with E-state index in [9.17, 15) is 4.39 Å². The average molecular weight is 209 g/mol. The molecule has 3 nitrogen and oxygen atoms in total. The highest BCUT2D eigenvalue weighted by Crippen LogP contribution is 2.23. The van der Waals surface area contributed by atoms with E-state index in [1.807, 2.05) is 0 Å². The lowest BCUT2D eigenvalue weighted by Gasteiger charge is -2.16. The molecule has 1 saturated heterocycles. The van der Waals surface area contributed by atoms with E-state index in [0.717, 1.165) is 38.3 Å². The number of hydrogen-bond donors (Lipinski definition) is 1. The number of nitrogens with zero attached hydrogens (tertiary/aromatic N) is 2. The number of hydrogen-bond acceptors (Lipinski definition) is 3. The standard InChI is InChI=1S/C11H16FN3/c12-10-1-2-11(14-7-10)15-6-4-9(8-15)3-5-13/h1-2,7,9H,3-6,8,13H2. The number of rotatable bonds is 3. The number of halogens is 1. The molecule has 15 heavy (non-hydrogen) atoms. The van der Waals surface area contributed by atoms with Crippen LogP contribution in [-0.4, -0.2) is 24.6 Å². The van der Waals surface area contributed by atoms with Crippen molar-refractivity contribution in [1.29, 1.82) is 0 Å². The molecule has 2 rings (SSSR count). The van der Waals surface area contributed by atoms with Gasteiger partial charge in [-0.15, -0.1) is 0 Å². The first-order valence-corrected chi connectivity index (χ1v) is 5.36. The Morgan fingerprint density at radius 3 is 3.07 bits per heavy atom. The van der Waals surface area contributed by atoms with Crippen LogP contribution in [0.2, 0.25) is 0 Å². The average Bonchev–Trinajstić information content (AvgIpc) is 2.68. The van der Waals surface area contributed by atoms with Crippen molar-refractivity contribution < 1.29 is 4.39 Å². The lowest BCUT2D eigenvalue weighted by molar-refractivity contribution is 0.546. The minimum Gasteiger partial charge on any atom is -0.356 e. The van der Waals surface area contributed by atoms with E-state index >= 15 is 0 Å². The van der Waals surface area contributed by atoms with Gasteiger partial charge in [-0.1, -0.05) is 0 Å². The normalized spacial score (nSPS) is 20.9. The minimum absolute atomic E-state index is 0.281. The van der Waals surface area contributed by atoms with E-state index in [1.165, 1.54) is 12.3 Å². The Bertz CT molecular complexity index is 312. The molecule has 0 aromatic carbocycles. The second kappa shape index (κ2) is 4.57. The zero-order valence-corrected chi connectivity index (χ0v) is 8.69. The molecule has 2 N–H and O–H groups in total. The summed E-state index contributed by atoms with van der Waals surface area (Å²) >= 11 is 0. The Labute approximate surface area is 89.1 Å². The molecule has 0 saturated carbocycles. The molecule has 0 amide bonds. The molecule has 0 radical (unpaired) electrons. The number of nitrogens with two attached hydrogens (primary N) is 1. The van der Waals surface area contributed by atoms with Gasteiger partial charge < -0.3 is 10.6 Å². The first-order valence-electron chi connectivity index (χ1n) is 5.36. The maximum Gasteiger partial charge on any atom is 0.141 e. The number of anilines is 1. The van der Waals surface area contributed by atoms with E-state index in [-0.39, 0.29) is 5.82 Å². The Morgan fingerprint density at radius 1 is 1.53 bits per heavy atom. The topological polar surface area (TPSA) is 42.1 Å². The monoisotopic (exact) mass is 209 g/mol. The molecular formula is C11H16FN3. The summed E-state index contributed by atoms with van der Waals surface area (Å²) in [7, 11) is 0. The fraction of sp³-hybridized carbons (Fsp3) is 0.545. The van der Waals surface area contributed by atoms with Crippen LogP contribution in [0.25, 0.3) is 0 Å². The molecule has 1 atom stereocenters. The van der Waals surface area contributed by atoms with Crippen LogP contribution < -0.4 is 10.6 Å². The fourth-order valence-corrected chi connectivity index (χ4v) is 2.07. The van der Waals surface area contributed by atoms with Crippen LogP contribution in [0.3, 0.4) is 0 Å². The molecule has 1 aromatic rings. The zero-order chi connectivity index (χ0) is 10.7. The van der Waals surface area contributed by atoms with Crippen molar-refractivity contribution >= 4 is 5.82 Å². The summed E-state index contributed by atoms with van der Waals surface area (Å²) in [6.07, 6.45) is 3.50. The lowest BCUT2D eigenvalue weighted by atomic mass is 10.1. The molecule has 0 aliphatic carbocycles. The highest BCUT2D eigenvalue weighted by atomic mass is 19.1. The first-order chi connectivity index (χ1) is 7.29. The van der Waals surface area contributed by atoms with Crippen LogP contribution in [0.4, 0.5) is 10.2 Å². The maximum atomic E-state index is 12.7. The van der Waals surface area contributed by atoms with Crippen molar-refractivity contribution in [3.05, 3.63) is 24.1 Å². The second-order valence-corrected chi connectivity index (χ2v) is 4.01. The van der Waals surface area contributed by atoms with Gasteiger partial charge in [-0.25, -0.2) is 9.37 Å². The molecule has 1 fully saturated rings. The van der Waals surface area contributed by atoms with E-state index in [0.29, 0.717) is 5.92 Å². The highest BCUT2D eigenvalue weighted by molar-refractivity contribution is 5.39. The smallest absolute Gasteiger partial charge is 0.141 e. The van der Waals surface area contributed by atoms with Gasteiger partial charge in [-0.3, -0.25) is 0 Å². The van der Waals surface area contributed by atoms with Crippen LogP contribution >= 0.6 is 0 Å². The van der Waals surface area contributed by atoms with Gasteiger partial charge >= 0.3 is 0 Å². The van der Waals surface area contributed by atoms with Gasteiger partial charge in [0.25, 0.3) is 0 Å². The highest BCUT2D eigenvalue weighted by Gasteiger charge is 2.22. The van der Waals surface area contributed by atoms with Gasteiger partial charge in [0.2, 0.25) is 0 Å². The molecule has 1 aliphatic heterocycles. The Kier molecular flexibility index (Phi) is 3.16. The first kappa shape index (κ1) is 10.4. The molecule has 0 spiro atoms. The molecule has 1 aliphatic rings. The van der Waals surface area contributed by atoms with Crippen LogP contribution in [0, 0.1) is 11.7 Å². The molecule has 1 unspecified atom stereocenters. The van der Waals surface area contributed by atoms with Gasteiger partial charge in [0.05, 0.1) is 6.20 Å². The molecule has 0 bridgehead atoms. The molecular weight excluding hydrogens is 193 g/mol. The van der Waals surface area contributed by atoms with Crippen molar-refractivity contribution in [3.63, 3.8) is 0 Å². The second-order valence-electron chi connectivity index (χ2n) is 4.01. The quantitative estimate of drug-likeness (QED) is 0.818. The number of aromatic nitrogens is 1. The van der Waals surface area contributed by atoms with Crippen molar-refractivity contribution in [2.45, 2.75) is 12.8 Å². The Hall–Kier alpha value is -1.16. The minimum atomic E-state index is -0.281. The third kappa shape index (κ3) is 2.45. The molecule has 82 valence electrons. The number of pyridine rings is 1. The van der Waals surface area contributed by atoms with Gasteiger partial charge in [0.1, 0.15) is 11.6 Å². The lowest BCUT2D eigenvalue weighted by Crippen LogP contribution is -2.21. The fourth-order valence-electron chi connectivity index (χ4n) is 2.07. The summed E-state index contributed by atoms with van der Waals surface area (Å²) in [4.78, 5) is 6.27. The maximum absolute atomic E-state index is 12.7. The largest absolute Gasteiger partial charge is 0.356 e. The Balaban J connectivity index is 1.98. The Morgan fingerprint density at radius 2 is 2.40 bits per heavy atom. The predicted octanol–water partition coefficient (Wildman–Crippen LogP) is 1.40. The SMILES string of the molecule is NCCC1CCN(c2ccc(F)cn2)C1. The van der Waals surface area contributed by atoms with Crippen LogP contribution in [0.15, 0.2) is 18.3 Å². The zero-order valence-electron chi connectivity index (χ0n) is 8.69. The van der Waals surface area contributed by atoms with Crippen LogP contribution in [-0.2, 0) is 0 Å². The third-order valence-corrected chi connectivity index (χ3v) is 2.90. The van der Waals surface area contributed by atoms with Crippen molar-refractivity contribution in [2.75, 3.05) is 24.5 Å². The van der Waals surface area contributed by atoms with Crippen molar-refractivity contribution in [3.8, 4) is 0 Å². The van der Waals surface area contributed by atoms with Crippen molar-refractivity contribution in [1.82, 2.24) is 4.98 Å². The summed E-state index contributed by atoms with van der Waals surface area (Å²) in [6.45, 7) is 2.74. The summed E-state index contributed by atoms with van der Waals surface area (Å²) in [5, 5.41) is 0. The third-order valence-electron chi connectivity index (χ3n) is 2.90. The van der Waals surface area contributed by atoms with E-state index < -0.39 is 0 Å². The summed E-state index contributed by atoms with van der Waals surface area (Å²) in [5.74, 6) is 1.26. The molecule has 1 aromatic heterocycles. The van der Waals surface area contributed by atoms with Crippen LogP contribution in [0.1, 0.15) is 12.8 Å². The van der Waals surface area contributed by atoms with E-state index in [1.54, 1.807) is 6.07 Å². The summed E-state index contributed by atoms with van der Waals surface area (Å²) < 4.78 is 12.7. The van der Waals surface area contributed by atoms with Gasteiger partial charge in [0.15, 0.2) is 0 Å². The predicted molar refractivity (Wildman–Crippen MR) is 58.2 cm³/mol.